The molecule has 5 heteroatoms. The van der Waals surface area contributed by atoms with Crippen LogP contribution < -0.4 is 5.32 Å². The highest BCUT2D eigenvalue weighted by Gasteiger charge is 2.14. The fourth-order valence-electron chi connectivity index (χ4n) is 1.70. The summed E-state index contributed by atoms with van der Waals surface area (Å²) in [6, 6.07) is 1.66. The fourth-order valence-corrected chi connectivity index (χ4v) is 1.94. The van der Waals surface area contributed by atoms with Crippen LogP contribution in [0.15, 0.2) is 12.3 Å². The fraction of sp³-hybridized carbons (Fsp3) is 0.538. The molecule has 1 aromatic rings. The Kier molecular flexibility index (Phi) is 5.41. The van der Waals surface area contributed by atoms with Gasteiger partial charge in [-0.05, 0) is 18.9 Å². The van der Waals surface area contributed by atoms with Crippen molar-refractivity contribution in [3.05, 3.63) is 22.8 Å². The highest BCUT2D eigenvalue weighted by Crippen LogP contribution is 2.20. The Morgan fingerprint density at radius 1 is 1.56 bits per heavy atom. The van der Waals surface area contributed by atoms with Gasteiger partial charge in [0.05, 0.1) is 10.6 Å². The summed E-state index contributed by atoms with van der Waals surface area (Å²) < 4.78 is 0. The molecule has 100 valence electrons. The topological polar surface area (TPSA) is 45.2 Å². The molecule has 0 aliphatic heterocycles. The van der Waals surface area contributed by atoms with Gasteiger partial charge >= 0.3 is 0 Å². The molecule has 0 aliphatic rings. The number of hydrogen-bond donors (Lipinski definition) is 1. The van der Waals surface area contributed by atoms with Crippen molar-refractivity contribution in [3.63, 3.8) is 0 Å². The van der Waals surface area contributed by atoms with Crippen molar-refractivity contribution in [1.29, 1.82) is 0 Å². The molecular weight excluding hydrogens is 250 g/mol. The van der Waals surface area contributed by atoms with Crippen LogP contribution in [0.1, 0.15) is 31.1 Å². The molecule has 18 heavy (non-hydrogen) atoms. The summed E-state index contributed by atoms with van der Waals surface area (Å²) in [5.74, 6) is 0.992. The van der Waals surface area contributed by atoms with Gasteiger partial charge in [-0.1, -0.05) is 25.4 Å². The van der Waals surface area contributed by atoms with E-state index in [-0.39, 0.29) is 5.91 Å². The minimum absolute atomic E-state index is 0.0545. The van der Waals surface area contributed by atoms with Crippen LogP contribution in [0.4, 0.5) is 5.82 Å². The molecule has 1 aromatic heterocycles. The normalized spacial score (nSPS) is 10.6. The molecule has 0 fully saturated rings. The average Bonchev–Trinajstić information content (AvgIpc) is 2.30. The SMILES string of the molecule is CCNc1ncc(C(=O)N(C)CC(C)C)cc1Cl. The first-order chi connectivity index (χ1) is 8.45. The second-order valence-corrected chi connectivity index (χ2v) is 5.07. The maximum absolute atomic E-state index is 12.1. The Morgan fingerprint density at radius 3 is 2.72 bits per heavy atom. The van der Waals surface area contributed by atoms with Crippen LogP contribution in [0.3, 0.4) is 0 Å². The smallest absolute Gasteiger partial charge is 0.255 e. The number of anilines is 1. The molecule has 0 unspecified atom stereocenters. The number of rotatable bonds is 5. The summed E-state index contributed by atoms with van der Waals surface area (Å²) in [6.45, 7) is 7.57. The first-order valence-corrected chi connectivity index (χ1v) is 6.48. The van der Waals surface area contributed by atoms with E-state index in [1.165, 1.54) is 0 Å². The van der Waals surface area contributed by atoms with Gasteiger partial charge in [0.25, 0.3) is 5.91 Å². The summed E-state index contributed by atoms with van der Waals surface area (Å²) in [5, 5.41) is 3.51. The zero-order valence-electron chi connectivity index (χ0n) is 11.3. The number of halogens is 1. The number of aromatic nitrogens is 1. The molecule has 0 radical (unpaired) electrons. The molecule has 1 rings (SSSR count). The van der Waals surface area contributed by atoms with Crippen LogP contribution in [0.25, 0.3) is 0 Å². The second-order valence-electron chi connectivity index (χ2n) is 4.66. The summed E-state index contributed by atoms with van der Waals surface area (Å²) >= 11 is 6.07. The van der Waals surface area contributed by atoms with Gasteiger partial charge < -0.3 is 10.2 Å². The van der Waals surface area contributed by atoms with Gasteiger partial charge in [0, 0.05) is 26.3 Å². The number of hydrogen-bond acceptors (Lipinski definition) is 3. The maximum atomic E-state index is 12.1. The molecule has 0 aromatic carbocycles. The zero-order valence-corrected chi connectivity index (χ0v) is 12.1. The van der Waals surface area contributed by atoms with Crippen LogP contribution in [0, 0.1) is 5.92 Å². The lowest BCUT2D eigenvalue weighted by Crippen LogP contribution is -2.30. The number of nitrogens with one attached hydrogen (secondary N) is 1. The van der Waals surface area contributed by atoms with Crippen molar-refractivity contribution in [1.82, 2.24) is 9.88 Å². The molecule has 0 bridgehead atoms. The number of nitrogens with zero attached hydrogens (tertiary/aromatic N) is 2. The number of carbonyl (C=O) groups is 1. The lowest BCUT2D eigenvalue weighted by Gasteiger charge is -2.19. The molecule has 0 spiro atoms. The van der Waals surface area contributed by atoms with E-state index in [9.17, 15) is 4.79 Å². The monoisotopic (exact) mass is 269 g/mol. The third kappa shape index (κ3) is 3.88. The predicted molar refractivity (Wildman–Crippen MR) is 75.2 cm³/mol. The minimum atomic E-state index is -0.0545. The van der Waals surface area contributed by atoms with E-state index < -0.39 is 0 Å². The Labute approximate surface area is 113 Å². The van der Waals surface area contributed by atoms with Gasteiger partial charge in [-0.25, -0.2) is 4.98 Å². The Hall–Kier alpha value is -1.29. The molecule has 0 atom stereocenters. The van der Waals surface area contributed by atoms with Gasteiger partial charge in [-0.15, -0.1) is 0 Å². The van der Waals surface area contributed by atoms with E-state index in [4.69, 9.17) is 11.6 Å². The van der Waals surface area contributed by atoms with Crippen molar-refractivity contribution in [2.24, 2.45) is 5.92 Å². The van der Waals surface area contributed by atoms with Gasteiger partial charge in [0.2, 0.25) is 0 Å². The van der Waals surface area contributed by atoms with E-state index in [0.29, 0.717) is 28.9 Å². The zero-order chi connectivity index (χ0) is 13.7. The first-order valence-electron chi connectivity index (χ1n) is 6.10. The van der Waals surface area contributed by atoms with Crippen LogP contribution in [-0.4, -0.2) is 35.9 Å². The van der Waals surface area contributed by atoms with E-state index in [1.54, 1.807) is 24.2 Å². The third-order valence-corrected chi connectivity index (χ3v) is 2.71. The maximum Gasteiger partial charge on any atom is 0.255 e. The van der Waals surface area contributed by atoms with Crippen molar-refractivity contribution in [3.8, 4) is 0 Å². The van der Waals surface area contributed by atoms with Crippen LogP contribution in [-0.2, 0) is 0 Å². The van der Waals surface area contributed by atoms with E-state index >= 15 is 0 Å². The van der Waals surface area contributed by atoms with Crippen LogP contribution >= 0.6 is 11.6 Å². The summed E-state index contributed by atoms with van der Waals surface area (Å²) in [5.41, 5.74) is 0.518. The van der Waals surface area contributed by atoms with Gasteiger partial charge in [0.15, 0.2) is 0 Å². The summed E-state index contributed by atoms with van der Waals surface area (Å²) in [6.07, 6.45) is 1.56. The highest BCUT2D eigenvalue weighted by molar-refractivity contribution is 6.33. The largest absolute Gasteiger partial charge is 0.369 e. The van der Waals surface area contributed by atoms with Crippen LogP contribution in [0.5, 0.6) is 0 Å². The number of amides is 1. The van der Waals surface area contributed by atoms with Gasteiger partial charge in [0.1, 0.15) is 5.82 Å². The molecule has 1 amide bonds. The lowest BCUT2D eigenvalue weighted by atomic mass is 10.2. The molecule has 4 nitrogen and oxygen atoms in total. The number of pyridine rings is 1. The predicted octanol–water partition coefficient (Wildman–Crippen LogP) is 2.89. The van der Waals surface area contributed by atoms with Crippen molar-refractivity contribution < 1.29 is 4.79 Å². The Balaban J connectivity index is 2.84. The number of carbonyl (C=O) groups excluding carboxylic acids is 1. The first kappa shape index (κ1) is 14.8. The summed E-state index contributed by atoms with van der Waals surface area (Å²) in [4.78, 5) is 18.0. The highest BCUT2D eigenvalue weighted by atomic mass is 35.5. The quantitative estimate of drug-likeness (QED) is 0.894. The third-order valence-electron chi connectivity index (χ3n) is 2.42. The minimum Gasteiger partial charge on any atom is -0.369 e. The molecule has 0 saturated carbocycles. The average molecular weight is 270 g/mol. The Bertz CT molecular complexity index is 421. The van der Waals surface area contributed by atoms with Crippen molar-refractivity contribution in [2.45, 2.75) is 20.8 Å². The van der Waals surface area contributed by atoms with Crippen molar-refractivity contribution in [2.75, 3.05) is 25.5 Å². The van der Waals surface area contributed by atoms with Gasteiger partial charge in [-0.3, -0.25) is 4.79 Å². The molecular formula is C13H20ClN3O. The van der Waals surface area contributed by atoms with Crippen molar-refractivity contribution >= 4 is 23.3 Å². The van der Waals surface area contributed by atoms with Gasteiger partial charge in [-0.2, -0.15) is 0 Å². The molecule has 0 aliphatic carbocycles. The van der Waals surface area contributed by atoms with Crippen LogP contribution in [0.2, 0.25) is 5.02 Å². The Morgan fingerprint density at radius 2 is 2.22 bits per heavy atom. The second kappa shape index (κ2) is 6.59. The van der Waals surface area contributed by atoms with E-state index in [2.05, 4.69) is 24.1 Å². The van der Waals surface area contributed by atoms with E-state index in [1.807, 2.05) is 6.92 Å². The standard InChI is InChI=1S/C13H20ClN3O/c1-5-15-12-11(14)6-10(7-16-12)13(18)17(4)8-9(2)3/h6-7,9H,5,8H2,1-4H3,(H,15,16). The molecule has 1 N–H and O–H groups in total. The summed E-state index contributed by atoms with van der Waals surface area (Å²) in [7, 11) is 1.79. The lowest BCUT2D eigenvalue weighted by molar-refractivity contribution is 0.0779. The molecule has 1 heterocycles. The van der Waals surface area contributed by atoms with E-state index in [0.717, 1.165) is 6.54 Å². The molecule has 0 saturated heterocycles.